The molecule has 6 aromatic carbocycles. The van der Waals surface area contributed by atoms with Gasteiger partial charge in [-0.15, -0.1) is 26.0 Å². The SMILES string of the molecule is C#C.C/C(=C\Cc1ccc(-c2cc3ccccc3cc2-c2ccc(-c3cccc(N)c3)cc2)cc1)c1ccccc1.C=CC.C=CC(C)C. The molecule has 0 heterocycles. The highest BCUT2D eigenvalue weighted by Crippen LogP contribution is 2.37. The molecule has 49 heavy (non-hydrogen) atoms. The van der Waals surface area contributed by atoms with Crippen molar-refractivity contribution in [3.8, 4) is 46.2 Å². The Morgan fingerprint density at radius 2 is 1.10 bits per heavy atom. The Morgan fingerprint density at radius 3 is 1.59 bits per heavy atom. The lowest BCUT2D eigenvalue weighted by Crippen LogP contribution is -1.89. The smallest absolute Gasteiger partial charge is 0.0320 e. The van der Waals surface area contributed by atoms with Crippen LogP contribution in [0.15, 0.2) is 171 Å². The molecular formula is C48H49N. The summed E-state index contributed by atoms with van der Waals surface area (Å²) in [5.41, 5.74) is 17.9. The molecule has 246 valence electrons. The molecule has 0 saturated carbocycles. The van der Waals surface area contributed by atoms with E-state index in [1.807, 2.05) is 31.2 Å². The van der Waals surface area contributed by atoms with Gasteiger partial charge in [-0.3, -0.25) is 0 Å². The van der Waals surface area contributed by atoms with E-state index in [0.717, 1.165) is 23.2 Å². The van der Waals surface area contributed by atoms with Crippen LogP contribution in [-0.2, 0) is 6.42 Å². The van der Waals surface area contributed by atoms with Gasteiger partial charge in [-0.2, -0.15) is 0 Å². The first-order valence-electron chi connectivity index (χ1n) is 16.7. The summed E-state index contributed by atoms with van der Waals surface area (Å²) in [6, 6.07) is 49.7. The van der Waals surface area contributed by atoms with Gasteiger partial charge in [-0.1, -0.05) is 147 Å². The van der Waals surface area contributed by atoms with E-state index in [4.69, 9.17) is 5.73 Å². The lowest BCUT2D eigenvalue weighted by Gasteiger charge is -2.14. The van der Waals surface area contributed by atoms with E-state index in [1.54, 1.807) is 6.08 Å². The summed E-state index contributed by atoms with van der Waals surface area (Å²) in [4.78, 5) is 0. The van der Waals surface area contributed by atoms with E-state index in [9.17, 15) is 0 Å². The number of terminal acetylenes is 1. The fourth-order valence-electron chi connectivity index (χ4n) is 5.19. The van der Waals surface area contributed by atoms with Crippen molar-refractivity contribution in [1.82, 2.24) is 0 Å². The molecule has 0 aliphatic heterocycles. The van der Waals surface area contributed by atoms with Crippen molar-refractivity contribution in [3.05, 3.63) is 182 Å². The average Bonchev–Trinajstić information content (AvgIpc) is 3.15. The summed E-state index contributed by atoms with van der Waals surface area (Å²) in [7, 11) is 0. The maximum absolute atomic E-state index is 6.02. The first kappa shape index (κ1) is 37.6. The minimum Gasteiger partial charge on any atom is -0.399 e. The maximum Gasteiger partial charge on any atom is 0.0320 e. The number of anilines is 1. The summed E-state index contributed by atoms with van der Waals surface area (Å²) in [5, 5.41) is 2.49. The molecule has 0 aliphatic carbocycles. The highest BCUT2D eigenvalue weighted by Gasteiger charge is 2.11. The van der Waals surface area contributed by atoms with Gasteiger partial charge in [0.1, 0.15) is 0 Å². The van der Waals surface area contributed by atoms with Crippen LogP contribution in [0.25, 0.3) is 49.7 Å². The molecule has 0 spiro atoms. The van der Waals surface area contributed by atoms with Crippen molar-refractivity contribution in [2.75, 3.05) is 5.73 Å². The predicted octanol–water partition coefficient (Wildman–Crippen LogP) is 13.3. The molecule has 0 aromatic heterocycles. The number of nitrogen functional groups attached to an aromatic ring is 1. The standard InChI is InChI=1S/C38H31N.C5H10.C3H6.C2H2/c1-27(29-8-3-2-4-9-29)14-15-28-16-18-31(19-17-28)37-25-34-10-5-6-11-35(34)26-38(37)32-22-20-30(21-23-32)33-12-7-13-36(39)24-33;1-4-5(2)3;1-3-2;1-2/h2-14,16-26H,15,39H2,1H3;4-5H,1H2,2-3H3;3H,1H2,2H3;1-2H/b27-14+;;;. The molecule has 0 fully saturated rings. The zero-order valence-corrected chi connectivity index (χ0v) is 29.4. The molecule has 0 aliphatic rings. The zero-order chi connectivity index (χ0) is 35.6. The van der Waals surface area contributed by atoms with Crippen molar-refractivity contribution in [2.45, 2.75) is 34.1 Å². The van der Waals surface area contributed by atoms with Gasteiger partial charge in [0.05, 0.1) is 0 Å². The average molecular weight is 640 g/mol. The van der Waals surface area contributed by atoms with Crippen LogP contribution in [-0.4, -0.2) is 0 Å². The minimum absolute atomic E-state index is 0.648. The highest BCUT2D eigenvalue weighted by molar-refractivity contribution is 5.96. The zero-order valence-electron chi connectivity index (χ0n) is 29.4. The molecule has 0 saturated heterocycles. The predicted molar refractivity (Wildman–Crippen MR) is 219 cm³/mol. The Morgan fingerprint density at radius 1 is 0.633 bits per heavy atom. The number of rotatable bonds is 7. The van der Waals surface area contributed by atoms with Crippen molar-refractivity contribution in [3.63, 3.8) is 0 Å². The van der Waals surface area contributed by atoms with Crippen LogP contribution < -0.4 is 5.73 Å². The topological polar surface area (TPSA) is 26.0 Å². The van der Waals surface area contributed by atoms with Crippen LogP contribution >= 0.6 is 0 Å². The fourth-order valence-corrected chi connectivity index (χ4v) is 5.19. The monoisotopic (exact) mass is 639 g/mol. The lowest BCUT2D eigenvalue weighted by atomic mass is 9.90. The second kappa shape index (κ2) is 19.7. The van der Waals surface area contributed by atoms with E-state index < -0.39 is 0 Å². The van der Waals surface area contributed by atoms with Gasteiger partial charge in [0.2, 0.25) is 0 Å². The molecule has 0 unspecified atom stereocenters. The van der Waals surface area contributed by atoms with E-state index in [2.05, 4.69) is 174 Å². The van der Waals surface area contributed by atoms with Gasteiger partial charge in [0.25, 0.3) is 0 Å². The quantitative estimate of drug-likeness (QED) is 0.105. The third kappa shape index (κ3) is 11.1. The van der Waals surface area contributed by atoms with Crippen molar-refractivity contribution in [1.29, 1.82) is 0 Å². The van der Waals surface area contributed by atoms with Crippen LogP contribution in [0.3, 0.4) is 0 Å². The number of nitrogens with two attached hydrogens (primary N) is 1. The first-order valence-corrected chi connectivity index (χ1v) is 16.7. The Bertz CT molecular complexity index is 1950. The number of benzene rings is 6. The van der Waals surface area contributed by atoms with E-state index in [1.165, 1.54) is 49.7 Å². The van der Waals surface area contributed by atoms with Crippen LogP contribution in [0.5, 0.6) is 0 Å². The normalized spacial score (nSPS) is 10.4. The largest absolute Gasteiger partial charge is 0.399 e. The fraction of sp³-hybridized carbons (Fsp3) is 0.125. The second-order valence-electron chi connectivity index (χ2n) is 12.0. The summed E-state index contributed by atoms with van der Waals surface area (Å²) in [6.07, 6.45) is 14.9. The van der Waals surface area contributed by atoms with Gasteiger partial charge in [0.15, 0.2) is 0 Å². The molecule has 0 atom stereocenters. The van der Waals surface area contributed by atoms with Crippen LogP contribution in [0.2, 0.25) is 0 Å². The van der Waals surface area contributed by atoms with E-state index in [-0.39, 0.29) is 0 Å². The number of allylic oxidation sites excluding steroid dienone is 4. The van der Waals surface area contributed by atoms with Crippen molar-refractivity contribution < 1.29 is 0 Å². The Labute approximate surface area is 295 Å². The van der Waals surface area contributed by atoms with Crippen molar-refractivity contribution >= 4 is 22.0 Å². The molecule has 0 radical (unpaired) electrons. The third-order valence-corrected chi connectivity index (χ3v) is 7.91. The molecular weight excluding hydrogens is 591 g/mol. The van der Waals surface area contributed by atoms with Gasteiger partial charge in [-0.25, -0.2) is 0 Å². The maximum atomic E-state index is 6.02. The van der Waals surface area contributed by atoms with Crippen LogP contribution in [0.1, 0.15) is 38.8 Å². The summed E-state index contributed by atoms with van der Waals surface area (Å²) >= 11 is 0. The molecule has 1 nitrogen and oxygen atoms in total. The van der Waals surface area contributed by atoms with Gasteiger partial charge in [-0.05, 0) is 111 Å². The first-order chi connectivity index (χ1) is 23.8. The minimum atomic E-state index is 0.648. The third-order valence-electron chi connectivity index (χ3n) is 7.91. The van der Waals surface area contributed by atoms with Gasteiger partial charge >= 0.3 is 0 Å². The molecule has 1 heteroatoms. The molecule has 2 N–H and O–H groups in total. The summed E-state index contributed by atoms with van der Waals surface area (Å²) in [6.45, 7) is 15.2. The number of hydrogen-bond acceptors (Lipinski definition) is 1. The molecule has 6 rings (SSSR count). The highest BCUT2D eigenvalue weighted by atomic mass is 14.5. The Kier molecular flexibility index (Phi) is 15.2. The van der Waals surface area contributed by atoms with E-state index >= 15 is 0 Å². The summed E-state index contributed by atoms with van der Waals surface area (Å²) in [5.74, 6) is 0.648. The Hall–Kier alpha value is -5.84. The van der Waals surface area contributed by atoms with E-state index in [0.29, 0.717) is 5.92 Å². The van der Waals surface area contributed by atoms with Gasteiger partial charge in [0, 0.05) is 5.69 Å². The Balaban J connectivity index is 0.000000581. The van der Waals surface area contributed by atoms with Crippen LogP contribution in [0, 0.1) is 18.8 Å². The van der Waals surface area contributed by atoms with Crippen molar-refractivity contribution in [2.24, 2.45) is 5.92 Å². The summed E-state index contributed by atoms with van der Waals surface area (Å²) < 4.78 is 0. The molecule has 6 aromatic rings. The molecule has 0 bridgehead atoms. The number of hydrogen-bond donors (Lipinski definition) is 1. The lowest BCUT2D eigenvalue weighted by molar-refractivity contribution is 0.835. The molecule has 0 amide bonds. The second-order valence-corrected chi connectivity index (χ2v) is 12.0. The van der Waals surface area contributed by atoms with Crippen LogP contribution in [0.4, 0.5) is 5.69 Å². The number of fused-ring (bicyclic) bond motifs is 1. The van der Waals surface area contributed by atoms with Gasteiger partial charge < -0.3 is 5.73 Å².